The van der Waals surface area contributed by atoms with Gasteiger partial charge in [0, 0.05) is 22.4 Å². The number of ether oxygens (including phenoxy) is 1. The molecule has 0 aliphatic heterocycles. The number of rotatable bonds is 5. The van der Waals surface area contributed by atoms with E-state index < -0.39 is 23.0 Å². The number of aromatic amines is 1. The summed E-state index contributed by atoms with van der Waals surface area (Å²) >= 11 is 0. The summed E-state index contributed by atoms with van der Waals surface area (Å²) in [7, 11) is 0. The molecule has 3 aromatic carbocycles. The number of benzene rings is 3. The Morgan fingerprint density at radius 3 is 2.22 bits per heavy atom. The lowest BCUT2D eigenvalue weighted by Gasteiger charge is -2.17. The van der Waals surface area contributed by atoms with Crippen molar-refractivity contribution in [2.24, 2.45) is 0 Å². The Balaban J connectivity index is 1.52. The number of alkyl halides is 3. The molecule has 1 N–H and O–H groups in total. The summed E-state index contributed by atoms with van der Waals surface area (Å²) in [4.78, 5) is 27.5. The monoisotopic (exact) mass is 552 g/mol. The van der Waals surface area contributed by atoms with Crippen molar-refractivity contribution in [1.82, 2.24) is 19.9 Å². The largest absolute Gasteiger partial charge is 0.487 e. The molecule has 0 unspecified atom stereocenters. The SMILES string of the molecule is Cc1cc(C)nc(COc2cccc(C(F)(F)F)c2-c2nc(-c3ccc(C#Cc4ccccc4)cc3)nc(=O)[nH]2)c1. The van der Waals surface area contributed by atoms with E-state index in [2.05, 4.69) is 31.8 Å². The van der Waals surface area contributed by atoms with E-state index in [1.54, 1.807) is 30.3 Å². The summed E-state index contributed by atoms with van der Waals surface area (Å²) in [5, 5.41) is 0. The molecule has 2 aromatic heterocycles. The fourth-order valence-electron chi connectivity index (χ4n) is 4.28. The average Bonchev–Trinajstić information content (AvgIpc) is 2.94. The van der Waals surface area contributed by atoms with E-state index in [1.165, 1.54) is 12.1 Å². The third-order valence-corrected chi connectivity index (χ3v) is 6.01. The van der Waals surface area contributed by atoms with Gasteiger partial charge >= 0.3 is 11.9 Å². The molecule has 0 fully saturated rings. The highest BCUT2D eigenvalue weighted by Gasteiger charge is 2.36. The van der Waals surface area contributed by atoms with Crippen LogP contribution in [0.25, 0.3) is 22.8 Å². The number of aryl methyl sites for hydroxylation is 2. The molecular formula is C32H23F3N4O2. The number of nitrogens with one attached hydrogen (secondary N) is 1. The minimum absolute atomic E-state index is 0.0368. The molecular weight excluding hydrogens is 529 g/mol. The van der Waals surface area contributed by atoms with Gasteiger partial charge in [0.2, 0.25) is 0 Å². The van der Waals surface area contributed by atoms with E-state index in [0.717, 1.165) is 22.9 Å². The van der Waals surface area contributed by atoms with E-state index in [-0.39, 0.29) is 24.0 Å². The highest BCUT2D eigenvalue weighted by atomic mass is 19.4. The van der Waals surface area contributed by atoms with Gasteiger partial charge in [-0.1, -0.05) is 36.1 Å². The second-order valence-electron chi connectivity index (χ2n) is 9.26. The molecule has 9 heteroatoms. The van der Waals surface area contributed by atoms with Crippen LogP contribution in [0.4, 0.5) is 13.2 Å². The molecule has 0 bridgehead atoms. The standard InChI is InChI=1S/C32H23F3N4O2/c1-20-17-21(2)36-25(18-20)19-41-27-10-6-9-26(32(33,34)35)28(27)30-37-29(38-31(40)39-30)24-15-13-23(14-16-24)12-11-22-7-4-3-5-8-22/h3-10,13-18H,19H2,1-2H3,(H,37,38,39,40). The third-order valence-electron chi connectivity index (χ3n) is 6.01. The van der Waals surface area contributed by atoms with Crippen molar-refractivity contribution in [2.45, 2.75) is 26.6 Å². The van der Waals surface area contributed by atoms with Gasteiger partial charge in [-0.2, -0.15) is 18.2 Å². The van der Waals surface area contributed by atoms with Crippen LogP contribution in [0.5, 0.6) is 5.75 Å². The fraction of sp³-hybridized carbons (Fsp3) is 0.125. The van der Waals surface area contributed by atoms with Crippen LogP contribution in [0.15, 0.2) is 89.7 Å². The zero-order valence-electron chi connectivity index (χ0n) is 22.1. The van der Waals surface area contributed by atoms with Crippen molar-refractivity contribution in [2.75, 3.05) is 0 Å². The van der Waals surface area contributed by atoms with Gasteiger partial charge in [0.1, 0.15) is 18.2 Å². The predicted molar refractivity (Wildman–Crippen MR) is 149 cm³/mol. The number of hydrogen-bond acceptors (Lipinski definition) is 5. The van der Waals surface area contributed by atoms with E-state index in [0.29, 0.717) is 16.8 Å². The molecule has 0 radical (unpaired) electrons. The Kier molecular flexibility index (Phi) is 7.66. The molecule has 0 spiro atoms. The Morgan fingerprint density at radius 1 is 0.829 bits per heavy atom. The zero-order chi connectivity index (χ0) is 29.0. The first kappa shape index (κ1) is 27.3. The minimum atomic E-state index is -4.74. The number of aromatic nitrogens is 4. The van der Waals surface area contributed by atoms with Crippen LogP contribution in [-0.4, -0.2) is 19.9 Å². The number of H-pyrrole nitrogens is 1. The van der Waals surface area contributed by atoms with Gasteiger partial charge in [0.15, 0.2) is 5.82 Å². The first-order valence-electron chi connectivity index (χ1n) is 12.6. The van der Waals surface area contributed by atoms with E-state index in [1.807, 2.05) is 50.2 Å². The molecule has 0 aliphatic carbocycles. The van der Waals surface area contributed by atoms with Gasteiger partial charge in [-0.25, -0.2) is 9.78 Å². The Bertz CT molecular complexity index is 1800. The molecule has 41 heavy (non-hydrogen) atoms. The highest BCUT2D eigenvalue weighted by Crippen LogP contribution is 2.41. The molecule has 0 amide bonds. The summed E-state index contributed by atoms with van der Waals surface area (Å²) in [5.41, 5.74) is 2.02. The second kappa shape index (κ2) is 11.5. The van der Waals surface area contributed by atoms with Crippen LogP contribution in [0.1, 0.15) is 33.6 Å². The second-order valence-corrected chi connectivity index (χ2v) is 9.26. The first-order valence-corrected chi connectivity index (χ1v) is 12.6. The van der Waals surface area contributed by atoms with Gasteiger partial charge in [-0.15, -0.1) is 0 Å². The van der Waals surface area contributed by atoms with Gasteiger partial charge in [0.25, 0.3) is 0 Å². The van der Waals surface area contributed by atoms with Crippen LogP contribution in [0, 0.1) is 25.7 Å². The quantitative estimate of drug-likeness (QED) is 0.252. The van der Waals surface area contributed by atoms with Gasteiger partial charge in [-0.05, 0) is 80.1 Å². The Labute approximate surface area is 233 Å². The number of nitrogens with zero attached hydrogens (tertiary/aromatic N) is 3. The number of halogens is 3. The molecule has 0 aliphatic rings. The van der Waals surface area contributed by atoms with Crippen LogP contribution >= 0.6 is 0 Å². The summed E-state index contributed by atoms with van der Waals surface area (Å²) in [6, 6.07) is 23.5. The fourth-order valence-corrected chi connectivity index (χ4v) is 4.28. The van der Waals surface area contributed by atoms with Gasteiger partial charge in [0.05, 0.1) is 16.8 Å². The van der Waals surface area contributed by atoms with Crippen LogP contribution < -0.4 is 10.4 Å². The normalized spacial score (nSPS) is 11.0. The first-order chi connectivity index (χ1) is 19.7. The Hall–Kier alpha value is -5.23. The predicted octanol–water partition coefficient (Wildman–Crippen LogP) is 6.51. The van der Waals surface area contributed by atoms with E-state index in [9.17, 15) is 18.0 Å². The van der Waals surface area contributed by atoms with Crippen molar-refractivity contribution < 1.29 is 17.9 Å². The lowest BCUT2D eigenvalue weighted by atomic mass is 10.0. The molecule has 5 aromatic rings. The maximum Gasteiger partial charge on any atom is 0.417 e. The summed E-state index contributed by atoms with van der Waals surface area (Å²) < 4.78 is 48.2. The number of pyridine rings is 1. The highest BCUT2D eigenvalue weighted by molar-refractivity contribution is 5.71. The lowest BCUT2D eigenvalue weighted by molar-refractivity contribution is -0.137. The maximum absolute atomic E-state index is 14.1. The topological polar surface area (TPSA) is 80.8 Å². The van der Waals surface area contributed by atoms with Crippen LogP contribution in [0.3, 0.4) is 0 Å². The van der Waals surface area contributed by atoms with Crippen LogP contribution in [0.2, 0.25) is 0 Å². The third kappa shape index (κ3) is 6.68. The van der Waals surface area contributed by atoms with Crippen LogP contribution in [-0.2, 0) is 12.8 Å². The van der Waals surface area contributed by atoms with Gasteiger partial charge in [-0.3, -0.25) is 9.97 Å². The summed E-state index contributed by atoms with van der Waals surface area (Å²) in [6.45, 7) is 3.63. The van der Waals surface area contributed by atoms with E-state index in [4.69, 9.17) is 4.74 Å². The van der Waals surface area contributed by atoms with Crippen molar-refractivity contribution in [3.8, 4) is 40.4 Å². The minimum Gasteiger partial charge on any atom is -0.487 e. The van der Waals surface area contributed by atoms with Crippen molar-refractivity contribution in [3.63, 3.8) is 0 Å². The summed E-state index contributed by atoms with van der Waals surface area (Å²) in [6.07, 6.45) is -4.74. The van der Waals surface area contributed by atoms with Gasteiger partial charge < -0.3 is 4.74 Å². The maximum atomic E-state index is 14.1. The molecule has 0 saturated carbocycles. The molecule has 2 heterocycles. The molecule has 6 nitrogen and oxygen atoms in total. The van der Waals surface area contributed by atoms with Crippen molar-refractivity contribution in [1.29, 1.82) is 0 Å². The smallest absolute Gasteiger partial charge is 0.417 e. The average molecular weight is 553 g/mol. The Morgan fingerprint density at radius 2 is 1.54 bits per heavy atom. The van der Waals surface area contributed by atoms with Crippen molar-refractivity contribution >= 4 is 0 Å². The summed E-state index contributed by atoms with van der Waals surface area (Å²) in [5.74, 6) is 5.65. The molecule has 0 atom stereocenters. The molecule has 0 saturated heterocycles. The van der Waals surface area contributed by atoms with Crippen molar-refractivity contribution in [3.05, 3.63) is 129 Å². The molecule has 5 rings (SSSR count). The lowest BCUT2D eigenvalue weighted by Crippen LogP contribution is -2.17. The zero-order valence-corrected chi connectivity index (χ0v) is 22.1. The molecule has 204 valence electrons. The van der Waals surface area contributed by atoms with E-state index >= 15 is 0 Å². The number of hydrogen-bond donors (Lipinski definition) is 1.